The van der Waals surface area contributed by atoms with E-state index < -0.39 is 0 Å². The molecule has 0 fully saturated rings. The second-order valence-corrected chi connectivity index (χ2v) is 3.69. The van der Waals surface area contributed by atoms with Crippen LogP contribution in [-0.4, -0.2) is 10.9 Å². The zero-order valence-corrected chi connectivity index (χ0v) is 8.51. The van der Waals surface area contributed by atoms with Gasteiger partial charge in [0.25, 0.3) is 5.91 Å². The number of carbonyl (C=O) groups is 1. The molecule has 0 aliphatic rings. The van der Waals surface area contributed by atoms with Crippen LogP contribution < -0.4 is 10.9 Å². The molecule has 0 saturated heterocycles. The van der Waals surface area contributed by atoms with Gasteiger partial charge in [0.2, 0.25) is 5.56 Å². The maximum Gasteiger partial charge on any atom is 0.255 e. The monoisotopic (exact) mass is 220 g/mol. The third-order valence-corrected chi connectivity index (χ3v) is 2.50. The van der Waals surface area contributed by atoms with E-state index in [2.05, 4.69) is 10.3 Å². The van der Waals surface area contributed by atoms with Crippen molar-refractivity contribution in [1.29, 1.82) is 0 Å². The van der Waals surface area contributed by atoms with Crippen LogP contribution in [0.2, 0.25) is 0 Å². The zero-order valence-electron chi connectivity index (χ0n) is 7.69. The largest absolute Gasteiger partial charge is 0.329 e. The van der Waals surface area contributed by atoms with Crippen LogP contribution in [0.4, 0.5) is 5.69 Å². The van der Waals surface area contributed by atoms with Gasteiger partial charge in [-0.05, 0) is 17.5 Å². The van der Waals surface area contributed by atoms with Gasteiger partial charge in [-0.1, -0.05) is 0 Å². The molecular weight excluding hydrogens is 212 g/mol. The first-order valence-electron chi connectivity index (χ1n) is 4.28. The number of aromatic amines is 1. The molecule has 2 aromatic heterocycles. The van der Waals surface area contributed by atoms with Crippen molar-refractivity contribution < 1.29 is 4.79 Å². The van der Waals surface area contributed by atoms with Crippen LogP contribution in [0.5, 0.6) is 0 Å². The Labute approximate surface area is 89.6 Å². The Hall–Kier alpha value is -1.88. The van der Waals surface area contributed by atoms with Crippen molar-refractivity contribution in [1.82, 2.24) is 4.98 Å². The Morgan fingerprint density at radius 2 is 2.27 bits per heavy atom. The van der Waals surface area contributed by atoms with Gasteiger partial charge < -0.3 is 10.3 Å². The number of amides is 1. The molecule has 15 heavy (non-hydrogen) atoms. The lowest BCUT2D eigenvalue weighted by molar-refractivity contribution is 0.102. The third kappa shape index (κ3) is 2.32. The number of H-pyrrole nitrogens is 1. The van der Waals surface area contributed by atoms with Crippen molar-refractivity contribution >= 4 is 22.9 Å². The van der Waals surface area contributed by atoms with E-state index in [1.54, 1.807) is 12.1 Å². The molecule has 0 aliphatic heterocycles. The molecule has 2 N–H and O–H groups in total. The molecule has 1 amide bonds. The van der Waals surface area contributed by atoms with Crippen molar-refractivity contribution in [3.8, 4) is 0 Å². The molecule has 2 heterocycles. The third-order valence-electron chi connectivity index (χ3n) is 1.82. The van der Waals surface area contributed by atoms with Crippen LogP contribution in [0.3, 0.4) is 0 Å². The minimum absolute atomic E-state index is 0.278. The summed E-state index contributed by atoms with van der Waals surface area (Å²) in [6.07, 6.45) is 1.45. The summed E-state index contributed by atoms with van der Waals surface area (Å²) in [6, 6.07) is 4.63. The van der Waals surface area contributed by atoms with Crippen molar-refractivity contribution in [2.75, 3.05) is 5.32 Å². The van der Waals surface area contributed by atoms with Gasteiger partial charge in [-0.25, -0.2) is 0 Å². The average Bonchev–Trinajstić information content (AvgIpc) is 2.70. The second-order valence-electron chi connectivity index (χ2n) is 2.91. The molecule has 2 aromatic rings. The van der Waals surface area contributed by atoms with Crippen LogP contribution in [-0.2, 0) is 0 Å². The highest BCUT2D eigenvalue weighted by Crippen LogP contribution is 2.12. The molecule has 5 heteroatoms. The Morgan fingerprint density at radius 1 is 1.40 bits per heavy atom. The highest BCUT2D eigenvalue weighted by molar-refractivity contribution is 7.08. The number of aromatic nitrogens is 1. The molecule has 2 rings (SSSR count). The first-order chi connectivity index (χ1) is 7.25. The first-order valence-corrected chi connectivity index (χ1v) is 5.22. The summed E-state index contributed by atoms with van der Waals surface area (Å²) in [4.78, 5) is 25.0. The summed E-state index contributed by atoms with van der Waals surface area (Å²) < 4.78 is 0. The van der Waals surface area contributed by atoms with Gasteiger partial charge in [-0.15, -0.1) is 0 Å². The van der Waals surface area contributed by atoms with E-state index >= 15 is 0 Å². The number of hydrogen-bond donors (Lipinski definition) is 2. The highest BCUT2D eigenvalue weighted by Gasteiger charge is 2.05. The topological polar surface area (TPSA) is 62.0 Å². The standard InChI is InChI=1S/C10H8N2O2S/c13-9-5-7(1-3-11-9)10(14)12-8-2-4-15-6-8/h1-6H,(H,11,13)(H,12,14). The summed E-state index contributed by atoms with van der Waals surface area (Å²) in [5.74, 6) is -0.278. The molecule has 0 saturated carbocycles. The molecule has 0 bridgehead atoms. The molecule has 0 atom stereocenters. The lowest BCUT2D eigenvalue weighted by Gasteiger charge is -2.01. The molecule has 0 spiro atoms. The molecule has 0 radical (unpaired) electrons. The number of thiophene rings is 1. The number of nitrogens with one attached hydrogen (secondary N) is 2. The lowest BCUT2D eigenvalue weighted by Crippen LogP contribution is -2.15. The van der Waals surface area contributed by atoms with Gasteiger partial charge in [0.05, 0.1) is 5.69 Å². The van der Waals surface area contributed by atoms with E-state index in [4.69, 9.17) is 0 Å². The summed E-state index contributed by atoms with van der Waals surface area (Å²) in [6.45, 7) is 0. The Morgan fingerprint density at radius 3 is 2.93 bits per heavy atom. The van der Waals surface area contributed by atoms with Crippen LogP contribution >= 0.6 is 11.3 Å². The summed E-state index contributed by atoms with van der Waals surface area (Å²) in [7, 11) is 0. The maximum atomic E-state index is 11.6. The van der Waals surface area contributed by atoms with Crippen molar-refractivity contribution in [2.24, 2.45) is 0 Å². The summed E-state index contributed by atoms with van der Waals surface area (Å²) in [5, 5.41) is 6.38. The van der Waals surface area contributed by atoms with Crippen molar-refractivity contribution in [2.45, 2.75) is 0 Å². The first kappa shape index (κ1) is 9.67. The van der Waals surface area contributed by atoms with E-state index in [-0.39, 0.29) is 11.5 Å². The molecule has 0 aliphatic carbocycles. The fourth-order valence-corrected chi connectivity index (χ4v) is 1.71. The number of rotatable bonds is 2. The lowest BCUT2D eigenvalue weighted by atomic mass is 10.2. The van der Waals surface area contributed by atoms with E-state index in [1.165, 1.54) is 23.6 Å². The van der Waals surface area contributed by atoms with Crippen LogP contribution in [0, 0.1) is 0 Å². The molecular formula is C10H8N2O2S. The fraction of sp³-hybridized carbons (Fsp3) is 0. The van der Waals surface area contributed by atoms with Gasteiger partial charge in [0, 0.05) is 23.2 Å². The summed E-state index contributed by atoms with van der Waals surface area (Å²) in [5.41, 5.74) is 0.809. The number of hydrogen-bond acceptors (Lipinski definition) is 3. The van der Waals surface area contributed by atoms with Crippen molar-refractivity contribution in [3.63, 3.8) is 0 Å². The van der Waals surface area contributed by atoms with Crippen LogP contribution in [0.15, 0.2) is 40.0 Å². The molecule has 4 nitrogen and oxygen atoms in total. The highest BCUT2D eigenvalue weighted by atomic mass is 32.1. The van der Waals surface area contributed by atoms with E-state index in [9.17, 15) is 9.59 Å². The SMILES string of the molecule is O=C(Nc1ccsc1)c1cc[nH]c(=O)c1. The van der Waals surface area contributed by atoms with Gasteiger partial charge in [-0.3, -0.25) is 9.59 Å². The van der Waals surface area contributed by atoms with Crippen LogP contribution in [0.1, 0.15) is 10.4 Å². The molecule has 0 aromatic carbocycles. The average molecular weight is 220 g/mol. The van der Waals surface area contributed by atoms with E-state index in [0.29, 0.717) is 5.56 Å². The van der Waals surface area contributed by atoms with Gasteiger partial charge in [0.1, 0.15) is 0 Å². The van der Waals surface area contributed by atoms with Crippen molar-refractivity contribution in [3.05, 3.63) is 51.1 Å². The predicted molar refractivity (Wildman–Crippen MR) is 59.3 cm³/mol. The number of pyridine rings is 1. The minimum atomic E-state index is -0.284. The Balaban J connectivity index is 2.18. The molecule has 0 unspecified atom stereocenters. The Bertz CT molecular complexity index is 516. The Kier molecular flexibility index (Phi) is 2.64. The number of carbonyl (C=O) groups excluding carboxylic acids is 1. The summed E-state index contributed by atoms with van der Waals surface area (Å²) >= 11 is 1.50. The van der Waals surface area contributed by atoms with E-state index in [1.807, 2.05) is 10.8 Å². The maximum absolute atomic E-state index is 11.6. The predicted octanol–water partition coefficient (Wildman–Crippen LogP) is 1.69. The van der Waals surface area contributed by atoms with Crippen LogP contribution in [0.25, 0.3) is 0 Å². The quantitative estimate of drug-likeness (QED) is 0.809. The van der Waals surface area contributed by atoms with Gasteiger partial charge in [-0.2, -0.15) is 11.3 Å². The minimum Gasteiger partial charge on any atom is -0.329 e. The number of anilines is 1. The fourth-order valence-electron chi connectivity index (χ4n) is 1.12. The smallest absolute Gasteiger partial charge is 0.255 e. The van der Waals surface area contributed by atoms with E-state index in [0.717, 1.165) is 5.69 Å². The second kappa shape index (κ2) is 4.10. The normalized spacial score (nSPS) is 9.87. The van der Waals surface area contributed by atoms with Gasteiger partial charge >= 0.3 is 0 Å². The van der Waals surface area contributed by atoms with Gasteiger partial charge in [0.15, 0.2) is 0 Å². The zero-order chi connectivity index (χ0) is 10.7. The molecule has 76 valence electrons.